The van der Waals surface area contributed by atoms with E-state index in [-0.39, 0.29) is 49.6 Å². The van der Waals surface area contributed by atoms with Crippen molar-refractivity contribution in [3.8, 4) is 11.5 Å². The van der Waals surface area contributed by atoms with E-state index in [1.165, 1.54) is 16.9 Å². The smallest absolute Gasteiger partial charge is 0.303 e. The monoisotopic (exact) mass is 668 g/mol. The van der Waals surface area contributed by atoms with Gasteiger partial charge in [-0.05, 0) is 66.6 Å². The molecule has 1 saturated carbocycles. The second-order valence-electron chi connectivity index (χ2n) is 12.9. The molecule has 3 fully saturated rings. The minimum absolute atomic E-state index is 0.00779. The Morgan fingerprint density at radius 1 is 0.958 bits per heavy atom. The van der Waals surface area contributed by atoms with Crippen molar-refractivity contribution < 1.29 is 38.9 Å². The summed E-state index contributed by atoms with van der Waals surface area (Å²) in [4.78, 5) is 71.1. The molecule has 2 aliphatic carbocycles. The summed E-state index contributed by atoms with van der Waals surface area (Å²) in [5, 5.41) is 20.5. The molecule has 6 atom stereocenters. The summed E-state index contributed by atoms with van der Waals surface area (Å²) in [6, 6.07) is 20.6. The van der Waals surface area contributed by atoms with Crippen molar-refractivity contribution >= 4 is 46.9 Å². The number of phenols is 1. The number of hydrogen-bond acceptors (Lipinski definition) is 7. The maximum Gasteiger partial charge on any atom is 0.303 e. The Bertz CT molecular complexity index is 1890. The molecule has 11 heteroatoms. The van der Waals surface area contributed by atoms with Crippen LogP contribution in [0.1, 0.15) is 42.7 Å². The molecule has 2 saturated heterocycles. The molecular weight excluding hydrogens is 636 g/mol. The van der Waals surface area contributed by atoms with Crippen LogP contribution in [0, 0.1) is 23.7 Å². The molecule has 0 bridgehead atoms. The largest absolute Gasteiger partial charge is 0.504 e. The van der Waals surface area contributed by atoms with Gasteiger partial charge in [-0.25, -0.2) is 4.90 Å². The van der Waals surface area contributed by atoms with Crippen molar-refractivity contribution in [1.82, 2.24) is 4.90 Å². The van der Waals surface area contributed by atoms with Crippen LogP contribution < -0.4 is 9.64 Å². The first kappa shape index (κ1) is 31.6. The van der Waals surface area contributed by atoms with E-state index in [0.29, 0.717) is 21.8 Å². The second kappa shape index (κ2) is 11.9. The number of aromatic hydroxyl groups is 1. The van der Waals surface area contributed by atoms with Crippen molar-refractivity contribution in [1.29, 1.82) is 0 Å². The zero-order chi connectivity index (χ0) is 33.9. The number of carbonyl (C=O) groups excluding carboxylic acids is 4. The topological polar surface area (TPSA) is 142 Å². The number of imide groups is 2. The predicted molar refractivity (Wildman–Crippen MR) is 174 cm³/mol. The summed E-state index contributed by atoms with van der Waals surface area (Å²) >= 11 is 6.35. The number of rotatable bonds is 8. The first-order valence-electron chi connectivity index (χ1n) is 15.9. The Morgan fingerprint density at radius 2 is 1.73 bits per heavy atom. The van der Waals surface area contributed by atoms with Gasteiger partial charge < -0.3 is 14.9 Å². The Balaban J connectivity index is 1.43. The number of fused-ring (bicyclic) bond motifs is 4. The summed E-state index contributed by atoms with van der Waals surface area (Å²) in [5.41, 5.74) is 0.780. The third-order valence-electron chi connectivity index (χ3n) is 10.6. The molecule has 2 aliphatic heterocycles. The van der Waals surface area contributed by atoms with E-state index in [4.69, 9.17) is 21.4 Å². The number of benzene rings is 3. The fourth-order valence-electron chi connectivity index (χ4n) is 8.68. The molecule has 0 radical (unpaired) electrons. The number of aliphatic carboxylic acids is 1. The van der Waals surface area contributed by atoms with Crippen molar-refractivity contribution in [2.75, 3.05) is 18.6 Å². The summed E-state index contributed by atoms with van der Waals surface area (Å²) in [6.45, 7) is -0.00779. The van der Waals surface area contributed by atoms with Gasteiger partial charge in [-0.15, -0.1) is 0 Å². The SMILES string of the molecule is COc1ccc([C@H]2C3=CC[C@@H]4C(=O)N(CCCC(=O)O)C(=O)[C@@H]4[C@@H]3C[C@H]3C(=O)N(c4cccc(Cl)c4)C(=O)[C@@]23c2ccccc2)cc1O. The van der Waals surface area contributed by atoms with Crippen LogP contribution >= 0.6 is 11.6 Å². The quantitative estimate of drug-likeness (QED) is 0.250. The molecular formula is C37H33ClN2O8. The van der Waals surface area contributed by atoms with Crippen molar-refractivity contribution in [3.63, 3.8) is 0 Å². The van der Waals surface area contributed by atoms with Gasteiger partial charge in [-0.3, -0.25) is 28.9 Å². The lowest BCUT2D eigenvalue weighted by Gasteiger charge is -2.50. The molecule has 3 aromatic carbocycles. The number of allylic oxidation sites excluding steroid dienone is 2. The standard InChI is InChI=1S/C37H33ClN2O8/c1-48-29-15-12-20(17-28(29)41)32-24-13-14-25-31(35(46)39(33(25)44)16-6-11-30(42)43)26(24)19-27-34(45)40(23-10-5-9-22(38)18-23)36(47)37(27,32)21-7-3-2-4-8-21/h2-5,7-10,12-13,15,17-18,25-27,31-32,41H,6,11,14,16,19H2,1H3,(H,42,43)/t25-,26+,27-,31-,32-,37+/m0/s1. The fraction of sp³-hybridized carbons (Fsp3) is 0.324. The number of ether oxygens (including phenoxy) is 1. The number of nitrogens with zero attached hydrogens (tertiary/aromatic N) is 2. The first-order chi connectivity index (χ1) is 23.1. The van der Waals surface area contributed by atoms with E-state index in [2.05, 4.69) is 0 Å². The number of anilines is 1. The lowest BCUT2D eigenvalue weighted by molar-refractivity contribution is -0.142. The lowest BCUT2D eigenvalue weighted by Crippen LogP contribution is -2.53. The number of amides is 4. The van der Waals surface area contributed by atoms with Crippen molar-refractivity contribution in [2.24, 2.45) is 23.7 Å². The number of carboxylic acids is 1. The maximum absolute atomic E-state index is 15.2. The van der Waals surface area contributed by atoms with Crippen molar-refractivity contribution in [3.05, 3.63) is 101 Å². The highest BCUT2D eigenvalue weighted by molar-refractivity contribution is 6.32. The number of phenolic OH excluding ortho intramolecular Hbond substituents is 1. The van der Waals surface area contributed by atoms with Crippen LogP contribution in [0.4, 0.5) is 5.69 Å². The van der Waals surface area contributed by atoms with Gasteiger partial charge in [0.2, 0.25) is 23.6 Å². The van der Waals surface area contributed by atoms with Crippen LogP contribution in [-0.4, -0.2) is 58.4 Å². The van der Waals surface area contributed by atoms with Gasteiger partial charge in [0.1, 0.15) is 0 Å². The first-order valence-corrected chi connectivity index (χ1v) is 16.3. The van der Waals surface area contributed by atoms with Gasteiger partial charge in [-0.2, -0.15) is 0 Å². The third-order valence-corrected chi connectivity index (χ3v) is 10.8. The van der Waals surface area contributed by atoms with E-state index in [1.54, 1.807) is 42.5 Å². The number of carbonyl (C=O) groups is 5. The Labute approximate surface area is 281 Å². The Kier molecular flexibility index (Phi) is 7.86. The van der Waals surface area contributed by atoms with E-state index in [1.807, 2.05) is 36.4 Å². The van der Waals surface area contributed by atoms with Crippen LogP contribution in [0.3, 0.4) is 0 Å². The van der Waals surface area contributed by atoms with Gasteiger partial charge in [0.05, 0.1) is 36.0 Å². The molecule has 2 heterocycles. The van der Waals surface area contributed by atoms with Gasteiger partial charge in [0, 0.05) is 23.9 Å². The van der Waals surface area contributed by atoms with Gasteiger partial charge in [0.25, 0.3) is 0 Å². The highest BCUT2D eigenvalue weighted by atomic mass is 35.5. The fourth-order valence-corrected chi connectivity index (χ4v) is 8.86. The highest BCUT2D eigenvalue weighted by Crippen LogP contribution is 2.64. The van der Waals surface area contributed by atoms with E-state index in [0.717, 1.165) is 5.57 Å². The molecule has 7 rings (SSSR count). The summed E-state index contributed by atoms with van der Waals surface area (Å²) in [6.07, 6.45) is 2.26. The summed E-state index contributed by atoms with van der Waals surface area (Å²) < 4.78 is 5.33. The van der Waals surface area contributed by atoms with E-state index in [9.17, 15) is 24.3 Å². The molecule has 2 N–H and O–H groups in total. The van der Waals surface area contributed by atoms with E-state index >= 15 is 4.79 Å². The van der Waals surface area contributed by atoms with Crippen LogP contribution in [0.25, 0.3) is 0 Å². The molecule has 10 nitrogen and oxygen atoms in total. The van der Waals surface area contributed by atoms with Crippen LogP contribution in [-0.2, 0) is 29.4 Å². The number of hydrogen-bond donors (Lipinski definition) is 2. The van der Waals surface area contributed by atoms with E-state index < -0.39 is 58.7 Å². The minimum Gasteiger partial charge on any atom is -0.504 e. The Morgan fingerprint density at radius 3 is 2.42 bits per heavy atom. The zero-order valence-electron chi connectivity index (χ0n) is 26.0. The molecule has 48 heavy (non-hydrogen) atoms. The molecule has 246 valence electrons. The Hall–Kier alpha value is -4.96. The third kappa shape index (κ3) is 4.64. The zero-order valence-corrected chi connectivity index (χ0v) is 26.8. The number of methoxy groups -OCH3 is 1. The average Bonchev–Trinajstić information content (AvgIpc) is 3.45. The van der Waals surface area contributed by atoms with Gasteiger partial charge in [0.15, 0.2) is 11.5 Å². The normalized spacial score (nSPS) is 27.8. The number of carboxylic acid groups (broad SMARTS) is 1. The van der Waals surface area contributed by atoms with Crippen LogP contribution in [0.15, 0.2) is 84.4 Å². The predicted octanol–water partition coefficient (Wildman–Crippen LogP) is 5.08. The van der Waals surface area contributed by atoms with Gasteiger partial charge >= 0.3 is 5.97 Å². The molecule has 3 aromatic rings. The number of halogens is 1. The summed E-state index contributed by atoms with van der Waals surface area (Å²) in [5.74, 6) is -6.32. The van der Waals surface area contributed by atoms with Crippen LogP contribution in [0.2, 0.25) is 5.02 Å². The van der Waals surface area contributed by atoms with Crippen LogP contribution in [0.5, 0.6) is 11.5 Å². The van der Waals surface area contributed by atoms with Crippen molar-refractivity contribution in [2.45, 2.75) is 37.0 Å². The minimum atomic E-state index is -1.47. The molecule has 0 spiro atoms. The lowest BCUT2D eigenvalue weighted by atomic mass is 9.49. The molecule has 4 aliphatic rings. The molecule has 4 amide bonds. The second-order valence-corrected chi connectivity index (χ2v) is 13.3. The number of likely N-dealkylation sites (tertiary alicyclic amines) is 1. The average molecular weight is 669 g/mol. The maximum atomic E-state index is 15.2. The highest BCUT2D eigenvalue weighted by Gasteiger charge is 2.70. The summed E-state index contributed by atoms with van der Waals surface area (Å²) in [7, 11) is 1.43. The van der Waals surface area contributed by atoms with Gasteiger partial charge in [-0.1, -0.05) is 65.7 Å². The molecule has 0 unspecified atom stereocenters. The molecule has 0 aromatic heterocycles.